The van der Waals surface area contributed by atoms with E-state index in [2.05, 4.69) is 0 Å². The first-order valence-corrected chi connectivity index (χ1v) is 5.75. The van der Waals surface area contributed by atoms with Crippen LogP contribution in [0, 0.1) is 5.41 Å². The second kappa shape index (κ2) is 5.01. The lowest BCUT2D eigenvalue weighted by atomic mass is 9.81. The Balaban J connectivity index is 2.62. The highest BCUT2D eigenvalue weighted by Crippen LogP contribution is 2.29. The Hall–Kier alpha value is -1.14. The van der Waals surface area contributed by atoms with Crippen molar-refractivity contribution < 1.29 is 14.7 Å². The maximum absolute atomic E-state index is 11.9. The standard InChI is InChI=1S/C11H21N3O3/c1-11(2)6-14(4-3-8(11)15)10(17)7(12)5-9(13)16/h7-8,15H,3-6,12H2,1-2H3,(H2,13,16). The molecule has 1 heterocycles. The first kappa shape index (κ1) is 13.9. The molecule has 1 aliphatic heterocycles. The summed E-state index contributed by atoms with van der Waals surface area (Å²) >= 11 is 0. The second-order valence-corrected chi connectivity index (χ2v) is 5.33. The first-order valence-electron chi connectivity index (χ1n) is 5.75. The number of rotatable bonds is 3. The third kappa shape index (κ3) is 3.41. The van der Waals surface area contributed by atoms with E-state index in [1.54, 1.807) is 4.90 Å². The number of amides is 2. The van der Waals surface area contributed by atoms with Crippen LogP contribution in [0.4, 0.5) is 0 Å². The quantitative estimate of drug-likeness (QED) is 0.579. The molecule has 2 unspecified atom stereocenters. The van der Waals surface area contributed by atoms with Crippen LogP contribution < -0.4 is 11.5 Å². The molecule has 0 radical (unpaired) electrons. The summed E-state index contributed by atoms with van der Waals surface area (Å²) < 4.78 is 0. The van der Waals surface area contributed by atoms with Crippen LogP contribution >= 0.6 is 0 Å². The molecule has 17 heavy (non-hydrogen) atoms. The van der Waals surface area contributed by atoms with Crippen LogP contribution in [0.2, 0.25) is 0 Å². The molecule has 0 saturated carbocycles. The SMILES string of the molecule is CC1(C)CN(C(=O)C(N)CC(N)=O)CCC1O. The predicted octanol–water partition coefficient (Wildman–Crippen LogP) is -1.19. The molecule has 0 aromatic heterocycles. The largest absolute Gasteiger partial charge is 0.392 e. The fourth-order valence-corrected chi connectivity index (χ4v) is 2.07. The number of likely N-dealkylation sites (tertiary alicyclic amines) is 1. The minimum absolute atomic E-state index is 0.141. The normalized spacial score (nSPS) is 25.4. The highest BCUT2D eigenvalue weighted by molar-refractivity contribution is 5.87. The zero-order valence-electron chi connectivity index (χ0n) is 10.3. The van der Waals surface area contributed by atoms with E-state index in [0.29, 0.717) is 19.5 Å². The molecule has 98 valence electrons. The minimum atomic E-state index is -0.876. The monoisotopic (exact) mass is 243 g/mol. The van der Waals surface area contributed by atoms with Crippen LogP contribution in [-0.2, 0) is 9.59 Å². The van der Waals surface area contributed by atoms with Crippen molar-refractivity contribution in [3.63, 3.8) is 0 Å². The summed E-state index contributed by atoms with van der Waals surface area (Å²) in [4.78, 5) is 24.2. The Kier molecular flexibility index (Phi) is 4.11. The molecule has 0 spiro atoms. The fourth-order valence-electron chi connectivity index (χ4n) is 2.07. The number of hydrogen-bond donors (Lipinski definition) is 3. The third-order valence-corrected chi connectivity index (χ3v) is 3.22. The summed E-state index contributed by atoms with van der Waals surface area (Å²) in [5.74, 6) is -0.856. The van der Waals surface area contributed by atoms with Gasteiger partial charge in [-0.15, -0.1) is 0 Å². The highest BCUT2D eigenvalue weighted by atomic mass is 16.3. The van der Waals surface area contributed by atoms with Gasteiger partial charge < -0.3 is 21.5 Å². The molecule has 0 aromatic rings. The van der Waals surface area contributed by atoms with Crippen molar-refractivity contribution in [2.75, 3.05) is 13.1 Å². The molecule has 0 bridgehead atoms. The number of carbonyl (C=O) groups excluding carboxylic acids is 2. The van der Waals surface area contributed by atoms with E-state index in [9.17, 15) is 14.7 Å². The number of nitrogens with two attached hydrogens (primary N) is 2. The number of nitrogens with zero attached hydrogens (tertiary/aromatic N) is 1. The number of primary amides is 1. The molecule has 1 fully saturated rings. The van der Waals surface area contributed by atoms with Crippen LogP contribution in [0.3, 0.4) is 0 Å². The summed E-state index contributed by atoms with van der Waals surface area (Å²) in [5, 5.41) is 9.78. The summed E-state index contributed by atoms with van der Waals surface area (Å²) in [6.45, 7) is 4.71. The van der Waals surface area contributed by atoms with Crippen LogP contribution in [0.1, 0.15) is 26.7 Å². The van der Waals surface area contributed by atoms with Gasteiger partial charge in [0.2, 0.25) is 11.8 Å². The molecule has 6 nitrogen and oxygen atoms in total. The van der Waals surface area contributed by atoms with E-state index in [1.807, 2.05) is 13.8 Å². The lowest BCUT2D eigenvalue weighted by molar-refractivity contribution is -0.140. The second-order valence-electron chi connectivity index (χ2n) is 5.33. The number of aliphatic hydroxyl groups is 1. The van der Waals surface area contributed by atoms with Crippen molar-refractivity contribution in [2.24, 2.45) is 16.9 Å². The van der Waals surface area contributed by atoms with E-state index >= 15 is 0 Å². The fraction of sp³-hybridized carbons (Fsp3) is 0.818. The van der Waals surface area contributed by atoms with Gasteiger partial charge in [0.05, 0.1) is 18.6 Å². The number of hydrogen-bond acceptors (Lipinski definition) is 4. The van der Waals surface area contributed by atoms with Gasteiger partial charge in [-0.25, -0.2) is 0 Å². The first-order chi connectivity index (χ1) is 7.74. The maximum Gasteiger partial charge on any atom is 0.240 e. The Morgan fingerprint density at radius 2 is 2.12 bits per heavy atom. The molecule has 0 aliphatic carbocycles. The van der Waals surface area contributed by atoms with Gasteiger partial charge >= 0.3 is 0 Å². The van der Waals surface area contributed by atoms with Gasteiger partial charge in [-0.3, -0.25) is 9.59 Å². The van der Waals surface area contributed by atoms with Crippen LogP contribution in [-0.4, -0.2) is 47.1 Å². The molecule has 1 aliphatic rings. The van der Waals surface area contributed by atoms with Crippen molar-refractivity contribution in [3.8, 4) is 0 Å². The molecule has 1 rings (SSSR count). The summed E-state index contributed by atoms with van der Waals surface area (Å²) in [5.41, 5.74) is 10.3. The van der Waals surface area contributed by atoms with E-state index in [-0.39, 0.29) is 17.7 Å². The summed E-state index contributed by atoms with van der Waals surface area (Å²) in [6.07, 6.45) is -0.0284. The molecule has 1 saturated heterocycles. The van der Waals surface area contributed by atoms with Gasteiger partial charge in [0.25, 0.3) is 0 Å². The van der Waals surface area contributed by atoms with Gasteiger partial charge in [-0.05, 0) is 6.42 Å². The molecule has 6 heteroatoms. The minimum Gasteiger partial charge on any atom is -0.392 e. The van der Waals surface area contributed by atoms with E-state index in [4.69, 9.17) is 11.5 Å². The van der Waals surface area contributed by atoms with Gasteiger partial charge in [-0.1, -0.05) is 13.8 Å². The third-order valence-electron chi connectivity index (χ3n) is 3.22. The molecule has 0 aromatic carbocycles. The van der Waals surface area contributed by atoms with Gasteiger partial charge in [0.1, 0.15) is 0 Å². The number of piperidine rings is 1. The van der Waals surface area contributed by atoms with Crippen molar-refractivity contribution >= 4 is 11.8 Å². The summed E-state index contributed by atoms with van der Waals surface area (Å²) in [7, 11) is 0. The van der Waals surface area contributed by atoms with Gasteiger partial charge in [0, 0.05) is 18.5 Å². The predicted molar refractivity (Wildman–Crippen MR) is 62.8 cm³/mol. The summed E-state index contributed by atoms with van der Waals surface area (Å²) in [6, 6.07) is -0.876. The lowest BCUT2D eigenvalue weighted by Gasteiger charge is -2.42. The van der Waals surface area contributed by atoms with E-state index in [0.717, 1.165) is 0 Å². The van der Waals surface area contributed by atoms with E-state index < -0.39 is 18.1 Å². The Labute approximate surface area is 101 Å². The van der Waals surface area contributed by atoms with Crippen LogP contribution in [0.15, 0.2) is 0 Å². The topological polar surface area (TPSA) is 110 Å². The van der Waals surface area contributed by atoms with Gasteiger partial charge in [-0.2, -0.15) is 0 Å². The Bertz CT molecular complexity index is 317. The highest BCUT2D eigenvalue weighted by Gasteiger charge is 2.37. The Morgan fingerprint density at radius 1 is 1.53 bits per heavy atom. The Morgan fingerprint density at radius 3 is 2.59 bits per heavy atom. The average Bonchev–Trinajstić information content (AvgIpc) is 2.20. The van der Waals surface area contributed by atoms with Gasteiger partial charge in [0.15, 0.2) is 0 Å². The number of aliphatic hydroxyl groups excluding tert-OH is 1. The van der Waals surface area contributed by atoms with Crippen LogP contribution in [0.25, 0.3) is 0 Å². The zero-order chi connectivity index (χ0) is 13.2. The molecular formula is C11H21N3O3. The van der Waals surface area contributed by atoms with Crippen LogP contribution in [0.5, 0.6) is 0 Å². The van der Waals surface area contributed by atoms with Crippen molar-refractivity contribution in [1.29, 1.82) is 0 Å². The average molecular weight is 243 g/mol. The lowest BCUT2D eigenvalue weighted by Crippen LogP contribution is -2.55. The van der Waals surface area contributed by atoms with Crippen molar-refractivity contribution in [3.05, 3.63) is 0 Å². The molecule has 5 N–H and O–H groups in total. The smallest absolute Gasteiger partial charge is 0.240 e. The number of carbonyl (C=O) groups is 2. The zero-order valence-corrected chi connectivity index (χ0v) is 10.3. The van der Waals surface area contributed by atoms with Crippen molar-refractivity contribution in [2.45, 2.75) is 38.8 Å². The maximum atomic E-state index is 11.9. The van der Waals surface area contributed by atoms with Crippen molar-refractivity contribution in [1.82, 2.24) is 4.90 Å². The van der Waals surface area contributed by atoms with E-state index in [1.165, 1.54) is 0 Å². The molecule has 2 atom stereocenters. The molecular weight excluding hydrogens is 222 g/mol. The molecule has 2 amide bonds.